The van der Waals surface area contributed by atoms with Gasteiger partial charge in [-0.3, -0.25) is 0 Å². The van der Waals surface area contributed by atoms with Crippen LogP contribution in [0.1, 0.15) is 11.7 Å². The van der Waals surface area contributed by atoms with Crippen LogP contribution >= 0.6 is 23.2 Å². The monoisotopic (exact) mass is 402 g/mol. The highest BCUT2D eigenvalue weighted by molar-refractivity contribution is 7.93. The zero-order valence-electron chi connectivity index (χ0n) is 12.5. The number of primary amides is 1. The summed E-state index contributed by atoms with van der Waals surface area (Å²) >= 11 is 11.7. The minimum Gasteiger partial charge on any atom is -0.490 e. The molecular formula is C15H12Cl2N2O5S. The van der Waals surface area contributed by atoms with Crippen molar-refractivity contribution in [3.8, 4) is 5.75 Å². The molecule has 0 aliphatic carbocycles. The van der Waals surface area contributed by atoms with Crippen molar-refractivity contribution in [3.63, 3.8) is 0 Å². The maximum Gasteiger partial charge on any atom is 0.333 e. The van der Waals surface area contributed by atoms with Crippen molar-refractivity contribution in [1.82, 2.24) is 0 Å². The lowest BCUT2D eigenvalue weighted by Gasteiger charge is -2.21. The lowest BCUT2D eigenvalue weighted by atomic mass is 10.1. The van der Waals surface area contributed by atoms with Gasteiger partial charge in [-0.15, -0.1) is 0 Å². The number of rotatable bonds is 3. The normalized spacial score (nSPS) is 16.2. The molecule has 10 heteroatoms. The summed E-state index contributed by atoms with van der Waals surface area (Å²) in [5.74, 6) is 0.381. The fourth-order valence-corrected chi connectivity index (χ4v) is 4.09. The van der Waals surface area contributed by atoms with Crippen LogP contribution in [0.15, 0.2) is 41.3 Å². The highest BCUT2D eigenvalue weighted by atomic mass is 35.5. The van der Waals surface area contributed by atoms with Crippen LogP contribution in [0.3, 0.4) is 0 Å². The third-order valence-corrected chi connectivity index (χ3v) is 6.07. The quantitative estimate of drug-likeness (QED) is 0.819. The molecule has 3 rings (SSSR count). The number of carbonyl (C=O) groups excluding carboxylic acids is 1. The van der Waals surface area contributed by atoms with Crippen LogP contribution in [0, 0.1) is 0 Å². The molecule has 0 radical (unpaired) electrons. The van der Waals surface area contributed by atoms with Gasteiger partial charge in [-0.25, -0.2) is 13.2 Å². The fraction of sp³-hybridized carbons (Fsp3) is 0.133. The van der Waals surface area contributed by atoms with Crippen molar-refractivity contribution in [3.05, 3.63) is 52.0 Å². The summed E-state index contributed by atoms with van der Waals surface area (Å²) in [6, 6.07) is 6.59. The molecule has 0 spiro atoms. The number of aliphatic hydroxyl groups excluding tert-OH is 1. The van der Waals surface area contributed by atoms with E-state index >= 15 is 0 Å². The van der Waals surface area contributed by atoms with Gasteiger partial charge in [-0.2, -0.15) is 4.31 Å². The summed E-state index contributed by atoms with van der Waals surface area (Å²) in [6.07, 6.45) is -0.947. The third-order valence-electron chi connectivity index (χ3n) is 3.61. The number of anilines is 1. The van der Waals surface area contributed by atoms with E-state index in [1.54, 1.807) is 0 Å². The van der Waals surface area contributed by atoms with Gasteiger partial charge in [0.15, 0.2) is 0 Å². The zero-order valence-corrected chi connectivity index (χ0v) is 14.8. The fourth-order valence-electron chi connectivity index (χ4n) is 2.44. The molecule has 2 aromatic rings. The number of benzene rings is 2. The lowest BCUT2D eigenvalue weighted by molar-refractivity contribution is 0.140. The second kappa shape index (κ2) is 6.38. The van der Waals surface area contributed by atoms with Crippen molar-refractivity contribution >= 4 is 44.9 Å². The lowest BCUT2D eigenvalue weighted by Crippen LogP contribution is -2.40. The van der Waals surface area contributed by atoms with Gasteiger partial charge < -0.3 is 15.6 Å². The molecule has 1 heterocycles. The van der Waals surface area contributed by atoms with Gasteiger partial charge >= 0.3 is 6.03 Å². The average molecular weight is 403 g/mol. The Kier molecular flexibility index (Phi) is 4.54. The van der Waals surface area contributed by atoms with E-state index in [9.17, 15) is 18.3 Å². The topological polar surface area (TPSA) is 110 Å². The first-order chi connectivity index (χ1) is 11.7. The maximum atomic E-state index is 12.9. The highest BCUT2D eigenvalue weighted by Crippen LogP contribution is 2.36. The Balaban J connectivity index is 2.11. The predicted octanol–water partition coefficient (Wildman–Crippen LogP) is 2.69. The van der Waals surface area contributed by atoms with Crippen LogP contribution in [0.2, 0.25) is 10.0 Å². The minimum atomic E-state index is -4.34. The summed E-state index contributed by atoms with van der Waals surface area (Å²) in [7, 11) is -4.34. The number of fused-ring (bicyclic) bond motifs is 1. The molecule has 0 fully saturated rings. The van der Waals surface area contributed by atoms with Crippen molar-refractivity contribution in [1.29, 1.82) is 0 Å². The number of urea groups is 1. The Labute approximate surface area is 153 Å². The zero-order chi connectivity index (χ0) is 18.4. The van der Waals surface area contributed by atoms with Gasteiger partial charge in [0, 0.05) is 5.56 Å². The summed E-state index contributed by atoms with van der Waals surface area (Å²) in [6.45, 7) is 0.0329. The molecule has 1 aliphatic rings. The Morgan fingerprint density at radius 2 is 1.92 bits per heavy atom. The standard InChI is InChI=1S/C15H12Cl2N2O5S/c16-11-3-1-8(5-12(11)17)19(15(18)21)25(22,23)9-2-4-14-10(6-9)13(20)7-24-14/h1-6,13,20H,7H2,(H2,18,21). The second-order valence-corrected chi connectivity index (χ2v) is 7.83. The van der Waals surface area contributed by atoms with Crippen LogP contribution < -0.4 is 14.8 Å². The van der Waals surface area contributed by atoms with Crippen LogP contribution in [-0.4, -0.2) is 26.2 Å². The molecule has 132 valence electrons. The van der Waals surface area contributed by atoms with Crippen LogP contribution in [-0.2, 0) is 10.0 Å². The van der Waals surface area contributed by atoms with Crippen molar-refractivity contribution in [2.45, 2.75) is 11.0 Å². The molecule has 7 nitrogen and oxygen atoms in total. The van der Waals surface area contributed by atoms with E-state index < -0.39 is 22.2 Å². The number of sulfonamides is 1. The first-order valence-corrected chi connectivity index (χ1v) is 9.16. The summed E-state index contributed by atoms with van der Waals surface area (Å²) in [4.78, 5) is 11.6. The summed E-state index contributed by atoms with van der Waals surface area (Å²) < 4.78 is 31.4. The van der Waals surface area contributed by atoms with Crippen LogP contribution in [0.25, 0.3) is 0 Å². The number of aliphatic hydroxyl groups is 1. The van der Waals surface area contributed by atoms with Gasteiger partial charge in [-0.05, 0) is 36.4 Å². The number of hydrogen-bond donors (Lipinski definition) is 2. The number of nitrogens with zero attached hydrogens (tertiary/aromatic N) is 1. The van der Waals surface area contributed by atoms with Crippen molar-refractivity contribution in [2.24, 2.45) is 5.73 Å². The summed E-state index contributed by atoms with van der Waals surface area (Å²) in [5.41, 5.74) is 5.54. The smallest absolute Gasteiger partial charge is 0.333 e. The Morgan fingerprint density at radius 1 is 1.20 bits per heavy atom. The van der Waals surface area contributed by atoms with E-state index in [4.69, 9.17) is 33.7 Å². The molecule has 2 amide bonds. The molecule has 0 aromatic heterocycles. The van der Waals surface area contributed by atoms with E-state index in [1.165, 1.54) is 36.4 Å². The minimum absolute atomic E-state index is 0.0329. The molecule has 25 heavy (non-hydrogen) atoms. The molecule has 3 N–H and O–H groups in total. The molecule has 1 unspecified atom stereocenters. The predicted molar refractivity (Wildman–Crippen MR) is 92.6 cm³/mol. The molecule has 0 bridgehead atoms. The number of hydrogen-bond acceptors (Lipinski definition) is 5. The van der Waals surface area contributed by atoms with Gasteiger partial charge in [0.1, 0.15) is 18.5 Å². The van der Waals surface area contributed by atoms with Gasteiger partial charge in [0.25, 0.3) is 10.0 Å². The highest BCUT2D eigenvalue weighted by Gasteiger charge is 2.32. The molecule has 0 saturated carbocycles. The van der Waals surface area contributed by atoms with Gasteiger partial charge in [0.05, 0.1) is 20.6 Å². The van der Waals surface area contributed by atoms with Crippen LogP contribution in [0.5, 0.6) is 5.75 Å². The van der Waals surface area contributed by atoms with E-state index in [-0.39, 0.29) is 27.2 Å². The number of nitrogens with two attached hydrogens (primary N) is 1. The Bertz CT molecular complexity index is 964. The van der Waals surface area contributed by atoms with E-state index in [2.05, 4.69) is 0 Å². The molecule has 2 aromatic carbocycles. The second-order valence-electron chi connectivity index (χ2n) is 5.23. The third kappa shape index (κ3) is 3.13. The Hall–Kier alpha value is -2.00. The van der Waals surface area contributed by atoms with Crippen LogP contribution in [0.4, 0.5) is 10.5 Å². The average Bonchev–Trinajstić information content (AvgIpc) is 2.91. The first kappa shape index (κ1) is 17.8. The van der Waals surface area contributed by atoms with E-state index in [0.29, 0.717) is 15.6 Å². The first-order valence-electron chi connectivity index (χ1n) is 6.96. The van der Waals surface area contributed by atoms with Crippen molar-refractivity contribution < 1.29 is 23.1 Å². The summed E-state index contributed by atoms with van der Waals surface area (Å²) in [5, 5.41) is 10.1. The number of halogens is 2. The molecule has 1 atom stereocenters. The number of ether oxygens (including phenoxy) is 1. The van der Waals surface area contributed by atoms with E-state index in [0.717, 1.165) is 0 Å². The Morgan fingerprint density at radius 3 is 2.56 bits per heavy atom. The SMILES string of the molecule is NC(=O)N(c1ccc(Cl)c(Cl)c1)S(=O)(=O)c1ccc2c(c1)C(O)CO2. The molecule has 1 aliphatic heterocycles. The van der Waals surface area contributed by atoms with Gasteiger partial charge in [-0.1, -0.05) is 23.2 Å². The molecule has 0 saturated heterocycles. The maximum absolute atomic E-state index is 12.9. The number of amides is 2. The van der Waals surface area contributed by atoms with Gasteiger partial charge in [0.2, 0.25) is 0 Å². The number of carbonyl (C=O) groups is 1. The largest absolute Gasteiger partial charge is 0.490 e. The van der Waals surface area contributed by atoms with E-state index in [1.807, 2.05) is 0 Å². The van der Waals surface area contributed by atoms with Crippen molar-refractivity contribution in [2.75, 3.05) is 10.9 Å². The molecular weight excluding hydrogens is 391 g/mol.